The zero-order chi connectivity index (χ0) is 12.3. The summed E-state index contributed by atoms with van der Waals surface area (Å²) >= 11 is 0. The molecule has 0 atom stereocenters. The van der Waals surface area contributed by atoms with Crippen LogP contribution in [-0.4, -0.2) is 5.16 Å². The summed E-state index contributed by atoms with van der Waals surface area (Å²) < 4.78 is 30.5. The van der Waals surface area contributed by atoms with Crippen molar-refractivity contribution in [3.8, 4) is 6.07 Å². The van der Waals surface area contributed by atoms with Gasteiger partial charge in [0.1, 0.15) is 6.07 Å². The maximum Gasteiger partial charge on any atom is 0.177 e. The SMILES string of the molecule is N#C/C(=C/c1ccc(F)c(F)c1)c1ccno1. The third-order valence-electron chi connectivity index (χ3n) is 2.08. The van der Waals surface area contributed by atoms with Crippen LogP contribution in [0.15, 0.2) is 35.0 Å². The Morgan fingerprint density at radius 3 is 2.71 bits per heavy atom. The van der Waals surface area contributed by atoms with E-state index >= 15 is 0 Å². The van der Waals surface area contributed by atoms with E-state index in [1.54, 1.807) is 0 Å². The normalized spacial score (nSPS) is 11.2. The van der Waals surface area contributed by atoms with Gasteiger partial charge in [0, 0.05) is 6.07 Å². The summed E-state index contributed by atoms with van der Waals surface area (Å²) in [6.07, 6.45) is 2.79. The van der Waals surface area contributed by atoms with E-state index in [4.69, 9.17) is 9.78 Å². The minimum Gasteiger partial charge on any atom is -0.356 e. The van der Waals surface area contributed by atoms with Crippen LogP contribution in [0.5, 0.6) is 0 Å². The predicted octanol–water partition coefficient (Wildman–Crippen LogP) is 3.02. The molecule has 1 heterocycles. The van der Waals surface area contributed by atoms with Crippen LogP contribution in [0.1, 0.15) is 11.3 Å². The zero-order valence-electron chi connectivity index (χ0n) is 8.52. The van der Waals surface area contributed by atoms with Gasteiger partial charge in [-0.3, -0.25) is 0 Å². The quantitative estimate of drug-likeness (QED) is 0.748. The first-order chi connectivity index (χ1) is 8.20. The monoisotopic (exact) mass is 232 g/mol. The highest BCUT2D eigenvalue weighted by molar-refractivity contribution is 5.87. The molecule has 5 heteroatoms. The summed E-state index contributed by atoms with van der Waals surface area (Å²) in [5.41, 5.74) is 0.561. The number of nitrogens with zero attached hydrogens (tertiary/aromatic N) is 2. The van der Waals surface area contributed by atoms with E-state index in [0.29, 0.717) is 5.56 Å². The molecule has 3 nitrogen and oxygen atoms in total. The molecule has 0 amide bonds. The second-order valence-corrected chi connectivity index (χ2v) is 3.22. The van der Waals surface area contributed by atoms with Crippen molar-refractivity contribution in [3.63, 3.8) is 0 Å². The van der Waals surface area contributed by atoms with E-state index < -0.39 is 11.6 Å². The van der Waals surface area contributed by atoms with Gasteiger partial charge < -0.3 is 4.52 Å². The number of hydrogen-bond acceptors (Lipinski definition) is 3. The number of aromatic nitrogens is 1. The molecular weight excluding hydrogens is 226 g/mol. The average Bonchev–Trinajstić information content (AvgIpc) is 2.84. The highest BCUT2D eigenvalue weighted by Crippen LogP contribution is 2.18. The molecule has 0 aliphatic carbocycles. The standard InChI is InChI=1S/C12H6F2N2O/c13-10-2-1-8(6-11(10)14)5-9(7-15)12-3-4-16-17-12/h1-6H/b9-5-. The Balaban J connectivity index is 2.41. The molecule has 0 fully saturated rings. The molecule has 2 rings (SSSR count). The Kier molecular flexibility index (Phi) is 2.97. The van der Waals surface area contributed by atoms with E-state index in [2.05, 4.69) is 5.16 Å². The van der Waals surface area contributed by atoms with E-state index in [0.717, 1.165) is 12.1 Å². The van der Waals surface area contributed by atoms with Crippen LogP contribution in [0.25, 0.3) is 11.6 Å². The fraction of sp³-hybridized carbons (Fsp3) is 0. The van der Waals surface area contributed by atoms with E-state index in [1.807, 2.05) is 6.07 Å². The number of rotatable bonds is 2. The van der Waals surface area contributed by atoms with Crippen LogP contribution in [0, 0.1) is 23.0 Å². The molecule has 2 aromatic rings. The lowest BCUT2D eigenvalue weighted by Crippen LogP contribution is -1.85. The van der Waals surface area contributed by atoms with E-state index in [-0.39, 0.29) is 11.3 Å². The van der Waals surface area contributed by atoms with Gasteiger partial charge in [0.2, 0.25) is 0 Å². The summed E-state index contributed by atoms with van der Waals surface area (Å²) in [5, 5.41) is 12.4. The number of benzene rings is 1. The summed E-state index contributed by atoms with van der Waals surface area (Å²) in [6.45, 7) is 0. The van der Waals surface area contributed by atoms with Crippen molar-refractivity contribution in [2.75, 3.05) is 0 Å². The Morgan fingerprint density at radius 1 is 1.29 bits per heavy atom. The first-order valence-electron chi connectivity index (χ1n) is 4.68. The number of nitriles is 1. The van der Waals surface area contributed by atoms with Gasteiger partial charge in [0.05, 0.1) is 11.8 Å². The van der Waals surface area contributed by atoms with Crippen LogP contribution < -0.4 is 0 Å². The highest BCUT2D eigenvalue weighted by atomic mass is 19.2. The third-order valence-corrected chi connectivity index (χ3v) is 2.08. The number of allylic oxidation sites excluding steroid dienone is 1. The molecule has 0 unspecified atom stereocenters. The van der Waals surface area contributed by atoms with Crippen LogP contribution >= 0.6 is 0 Å². The smallest absolute Gasteiger partial charge is 0.177 e. The van der Waals surface area contributed by atoms with Crippen molar-refractivity contribution < 1.29 is 13.3 Å². The summed E-state index contributed by atoms with van der Waals surface area (Å²) in [5.74, 6) is -1.62. The molecular formula is C12H6F2N2O. The van der Waals surface area contributed by atoms with Crippen LogP contribution in [0.4, 0.5) is 8.78 Å². The number of halogens is 2. The molecule has 0 radical (unpaired) electrons. The molecule has 17 heavy (non-hydrogen) atoms. The van der Waals surface area contributed by atoms with Gasteiger partial charge in [-0.2, -0.15) is 5.26 Å². The second-order valence-electron chi connectivity index (χ2n) is 3.22. The van der Waals surface area contributed by atoms with Crippen molar-refractivity contribution >= 4 is 11.6 Å². The van der Waals surface area contributed by atoms with Gasteiger partial charge in [0.15, 0.2) is 17.4 Å². The maximum absolute atomic E-state index is 13.0. The molecule has 0 aliphatic rings. The molecule has 84 valence electrons. The van der Waals surface area contributed by atoms with Crippen molar-refractivity contribution in [1.29, 1.82) is 5.26 Å². The molecule has 0 saturated heterocycles. The van der Waals surface area contributed by atoms with Crippen molar-refractivity contribution in [2.24, 2.45) is 0 Å². The van der Waals surface area contributed by atoms with Crippen molar-refractivity contribution in [1.82, 2.24) is 5.16 Å². The molecule has 0 saturated carbocycles. The summed E-state index contributed by atoms with van der Waals surface area (Å²) in [7, 11) is 0. The number of hydrogen-bond donors (Lipinski definition) is 0. The van der Waals surface area contributed by atoms with Gasteiger partial charge in [-0.25, -0.2) is 8.78 Å². The van der Waals surface area contributed by atoms with Gasteiger partial charge in [-0.1, -0.05) is 11.2 Å². The Labute approximate surface area is 95.6 Å². The molecule has 0 bridgehead atoms. The topological polar surface area (TPSA) is 49.8 Å². The van der Waals surface area contributed by atoms with Gasteiger partial charge in [-0.15, -0.1) is 0 Å². The minimum absolute atomic E-state index is 0.188. The lowest BCUT2D eigenvalue weighted by Gasteiger charge is -1.96. The summed E-state index contributed by atoms with van der Waals surface area (Å²) in [6, 6.07) is 6.77. The minimum atomic E-state index is -0.964. The Hall–Kier alpha value is -2.48. The fourth-order valence-corrected chi connectivity index (χ4v) is 1.28. The summed E-state index contributed by atoms with van der Waals surface area (Å²) in [4.78, 5) is 0. The first kappa shape index (κ1) is 11.0. The van der Waals surface area contributed by atoms with Crippen LogP contribution in [0.2, 0.25) is 0 Å². The van der Waals surface area contributed by atoms with Crippen molar-refractivity contribution in [2.45, 2.75) is 0 Å². The van der Waals surface area contributed by atoms with E-state index in [9.17, 15) is 8.78 Å². The molecule has 1 aromatic carbocycles. The lowest BCUT2D eigenvalue weighted by atomic mass is 10.1. The largest absolute Gasteiger partial charge is 0.356 e. The fourth-order valence-electron chi connectivity index (χ4n) is 1.28. The van der Waals surface area contributed by atoms with Gasteiger partial charge in [0.25, 0.3) is 0 Å². The predicted molar refractivity (Wildman–Crippen MR) is 56.3 cm³/mol. The van der Waals surface area contributed by atoms with Crippen LogP contribution in [0.3, 0.4) is 0 Å². The molecule has 0 spiro atoms. The Morgan fingerprint density at radius 2 is 2.12 bits per heavy atom. The van der Waals surface area contributed by atoms with E-state index in [1.165, 1.54) is 24.4 Å². The molecule has 0 N–H and O–H groups in total. The van der Waals surface area contributed by atoms with Gasteiger partial charge >= 0.3 is 0 Å². The van der Waals surface area contributed by atoms with Gasteiger partial charge in [-0.05, 0) is 23.8 Å². The maximum atomic E-state index is 13.0. The highest BCUT2D eigenvalue weighted by Gasteiger charge is 2.06. The second kappa shape index (κ2) is 4.58. The zero-order valence-corrected chi connectivity index (χ0v) is 8.52. The average molecular weight is 232 g/mol. The molecule has 0 aliphatic heterocycles. The lowest BCUT2D eigenvalue weighted by molar-refractivity contribution is 0.411. The van der Waals surface area contributed by atoms with Crippen molar-refractivity contribution in [3.05, 3.63) is 53.4 Å². The molecule has 1 aromatic heterocycles. The first-order valence-corrected chi connectivity index (χ1v) is 4.68. The van der Waals surface area contributed by atoms with Crippen LogP contribution in [-0.2, 0) is 0 Å². The third kappa shape index (κ3) is 2.37. The Bertz CT molecular complexity index is 597.